The Hall–Kier alpha value is -3.52. The summed E-state index contributed by atoms with van der Waals surface area (Å²) >= 11 is 1.32. The Morgan fingerprint density at radius 2 is 2.02 bits per heavy atom. The quantitative estimate of drug-likeness (QED) is 0.226. The van der Waals surface area contributed by atoms with Crippen LogP contribution >= 0.6 is 11.3 Å². The molecule has 2 heterocycles. The predicted octanol–water partition coefficient (Wildman–Crippen LogP) is 5.62. The van der Waals surface area contributed by atoms with E-state index in [1.807, 2.05) is 38.2 Å². The van der Waals surface area contributed by atoms with Crippen LogP contribution in [0.3, 0.4) is 0 Å². The summed E-state index contributed by atoms with van der Waals surface area (Å²) in [6.07, 6.45) is 9.66. The van der Waals surface area contributed by atoms with Gasteiger partial charge in [0.2, 0.25) is 10.0 Å². The Labute approximate surface area is 251 Å². The fourth-order valence-electron chi connectivity index (χ4n) is 3.88. The zero-order valence-corrected chi connectivity index (χ0v) is 26.2. The van der Waals surface area contributed by atoms with E-state index < -0.39 is 22.1 Å². The molecule has 2 aromatic rings. The molecule has 42 heavy (non-hydrogen) atoms. The van der Waals surface area contributed by atoms with Gasteiger partial charge < -0.3 is 20.1 Å². The fourth-order valence-corrected chi connectivity index (χ4v) is 6.25. The molecule has 0 spiro atoms. The lowest BCUT2D eigenvalue weighted by Crippen LogP contribution is -2.30. The zero-order chi connectivity index (χ0) is 30.7. The summed E-state index contributed by atoms with van der Waals surface area (Å²) in [6, 6.07) is 4.30. The first kappa shape index (κ1) is 33.0. The van der Waals surface area contributed by atoms with Crippen molar-refractivity contribution in [2.24, 2.45) is 0 Å². The maximum absolute atomic E-state index is 13.2. The first-order valence-corrected chi connectivity index (χ1v) is 16.1. The highest BCUT2D eigenvalue weighted by molar-refractivity contribution is 7.89. The largest absolute Gasteiger partial charge is 0.447 e. The molecular formula is C29H39N5O6S2. The van der Waals surface area contributed by atoms with Crippen molar-refractivity contribution in [1.29, 1.82) is 0 Å². The molecule has 1 aromatic heterocycles. The summed E-state index contributed by atoms with van der Waals surface area (Å²) in [7, 11) is -3.88. The van der Waals surface area contributed by atoms with Gasteiger partial charge in [-0.1, -0.05) is 49.8 Å². The number of ether oxygens (including phenoxy) is 2. The highest BCUT2D eigenvalue weighted by Gasteiger charge is 2.25. The molecule has 1 aliphatic rings. The van der Waals surface area contributed by atoms with Gasteiger partial charge in [0.05, 0.1) is 22.5 Å². The SMILES string of the molecule is CC/C=C\C=C(/C)CNC(=O)Nc1ccc(-c2cnc([C@H]3CC=C(NC(=O)OC(C)C)CO3)s2)c(S(=O)(=O)NCC)c1. The molecule has 0 saturated carbocycles. The monoisotopic (exact) mass is 617 g/mol. The van der Waals surface area contributed by atoms with Gasteiger partial charge in [-0.05, 0) is 39.3 Å². The number of nitrogens with zero attached hydrogens (tertiary/aromatic N) is 1. The number of aromatic nitrogens is 1. The Morgan fingerprint density at radius 3 is 2.69 bits per heavy atom. The second-order valence-electron chi connectivity index (χ2n) is 9.78. The van der Waals surface area contributed by atoms with Crippen molar-refractivity contribution in [3.63, 3.8) is 0 Å². The Bertz CT molecular complexity index is 1450. The van der Waals surface area contributed by atoms with E-state index in [1.54, 1.807) is 39.1 Å². The van der Waals surface area contributed by atoms with Crippen molar-refractivity contribution in [3.8, 4) is 10.4 Å². The van der Waals surface area contributed by atoms with E-state index in [9.17, 15) is 18.0 Å². The minimum absolute atomic E-state index is 0.0257. The van der Waals surface area contributed by atoms with E-state index >= 15 is 0 Å². The minimum atomic E-state index is -3.88. The van der Waals surface area contributed by atoms with Crippen LogP contribution in [0.5, 0.6) is 0 Å². The lowest BCUT2D eigenvalue weighted by molar-refractivity contribution is 0.0558. The van der Waals surface area contributed by atoms with Gasteiger partial charge in [0, 0.05) is 42.7 Å². The van der Waals surface area contributed by atoms with E-state index in [0.29, 0.717) is 39.8 Å². The van der Waals surface area contributed by atoms with Crippen LogP contribution in [-0.2, 0) is 19.5 Å². The first-order chi connectivity index (χ1) is 20.0. The standard InChI is InChI=1S/C29H39N5O6S2/c1-6-8-9-10-20(5)16-31-28(35)33-21-11-13-23(26(15-21)42(37,38)32-7-2)25-17-30-27(41-25)24-14-12-22(18-39-24)34-29(36)40-19(3)4/h8-13,15,17,19,24,32H,6-7,14,16,18H2,1-5H3,(H,34,36)(H2,31,33,35)/b9-8-,20-10+/t24-/m1/s1. The number of amides is 3. The van der Waals surface area contributed by atoms with E-state index in [0.717, 1.165) is 12.0 Å². The van der Waals surface area contributed by atoms with Gasteiger partial charge >= 0.3 is 12.1 Å². The van der Waals surface area contributed by atoms with Crippen LogP contribution in [0.1, 0.15) is 58.6 Å². The Morgan fingerprint density at radius 1 is 1.24 bits per heavy atom. The number of sulfonamides is 1. The second kappa shape index (κ2) is 15.6. The van der Waals surface area contributed by atoms with Crippen molar-refractivity contribution in [1.82, 2.24) is 20.3 Å². The number of rotatable bonds is 12. The van der Waals surface area contributed by atoms with Gasteiger partial charge in [0.25, 0.3) is 0 Å². The molecule has 1 atom stereocenters. The number of allylic oxidation sites excluding steroid dienone is 3. The molecule has 1 aliphatic heterocycles. The summed E-state index contributed by atoms with van der Waals surface area (Å²) in [5.41, 5.74) is 2.37. The number of alkyl carbamates (subject to hydrolysis) is 1. The van der Waals surface area contributed by atoms with E-state index in [4.69, 9.17) is 9.47 Å². The van der Waals surface area contributed by atoms with E-state index in [2.05, 4.69) is 25.7 Å². The van der Waals surface area contributed by atoms with Gasteiger partial charge in [-0.25, -0.2) is 27.7 Å². The molecule has 0 radical (unpaired) electrons. The van der Waals surface area contributed by atoms with Gasteiger partial charge in [-0.2, -0.15) is 0 Å². The molecule has 13 heteroatoms. The summed E-state index contributed by atoms with van der Waals surface area (Å²) in [5, 5.41) is 8.84. The van der Waals surface area contributed by atoms with Crippen molar-refractivity contribution in [2.75, 3.05) is 25.0 Å². The number of carbonyl (C=O) groups is 2. The third-order valence-electron chi connectivity index (χ3n) is 5.83. The number of nitrogens with one attached hydrogen (secondary N) is 4. The summed E-state index contributed by atoms with van der Waals surface area (Å²) in [6.45, 7) is 9.92. The third-order valence-corrected chi connectivity index (χ3v) is 8.54. The molecule has 0 saturated heterocycles. The predicted molar refractivity (Wildman–Crippen MR) is 165 cm³/mol. The van der Waals surface area contributed by atoms with Crippen molar-refractivity contribution in [2.45, 2.75) is 64.6 Å². The fraction of sp³-hybridized carbons (Fsp3) is 0.414. The van der Waals surface area contributed by atoms with E-state index in [1.165, 1.54) is 17.4 Å². The van der Waals surface area contributed by atoms with Crippen LogP contribution < -0.4 is 20.7 Å². The van der Waals surface area contributed by atoms with Crippen LogP contribution in [0.25, 0.3) is 10.4 Å². The highest BCUT2D eigenvalue weighted by atomic mass is 32.2. The Kier molecular flexibility index (Phi) is 12.3. The molecule has 1 aromatic carbocycles. The van der Waals surface area contributed by atoms with Gasteiger partial charge in [-0.3, -0.25) is 5.32 Å². The lowest BCUT2D eigenvalue weighted by Gasteiger charge is -2.21. The summed E-state index contributed by atoms with van der Waals surface area (Å²) < 4.78 is 39.9. The molecule has 11 nitrogen and oxygen atoms in total. The second-order valence-corrected chi connectivity index (χ2v) is 12.6. The topological polar surface area (TPSA) is 148 Å². The van der Waals surface area contributed by atoms with Crippen molar-refractivity contribution in [3.05, 3.63) is 65.0 Å². The van der Waals surface area contributed by atoms with Crippen LogP contribution in [-0.4, -0.2) is 51.3 Å². The third kappa shape index (κ3) is 9.79. The number of urea groups is 1. The number of benzene rings is 1. The smallest absolute Gasteiger partial charge is 0.411 e. The maximum atomic E-state index is 13.2. The van der Waals surface area contributed by atoms with E-state index in [-0.39, 0.29) is 30.3 Å². The molecule has 0 aliphatic carbocycles. The van der Waals surface area contributed by atoms with Crippen LogP contribution in [0.2, 0.25) is 0 Å². The van der Waals surface area contributed by atoms with Crippen LogP contribution in [0.4, 0.5) is 15.3 Å². The first-order valence-electron chi connectivity index (χ1n) is 13.8. The zero-order valence-electron chi connectivity index (χ0n) is 24.5. The number of anilines is 1. The summed E-state index contributed by atoms with van der Waals surface area (Å²) in [4.78, 5) is 29.5. The average Bonchev–Trinajstić information content (AvgIpc) is 3.42. The minimum Gasteiger partial charge on any atom is -0.447 e. The van der Waals surface area contributed by atoms with Crippen molar-refractivity contribution >= 4 is 39.2 Å². The van der Waals surface area contributed by atoms with Crippen LogP contribution in [0.15, 0.2) is 64.9 Å². The molecule has 228 valence electrons. The normalized spacial score (nSPS) is 15.9. The molecule has 3 amide bonds. The molecule has 0 bridgehead atoms. The van der Waals surface area contributed by atoms with Gasteiger partial charge in [0.1, 0.15) is 11.1 Å². The molecular weight excluding hydrogens is 578 g/mol. The maximum Gasteiger partial charge on any atom is 0.411 e. The lowest BCUT2D eigenvalue weighted by atomic mass is 10.2. The summed E-state index contributed by atoms with van der Waals surface area (Å²) in [5.74, 6) is 0. The van der Waals surface area contributed by atoms with Gasteiger partial charge in [0.15, 0.2) is 0 Å². The van der Waals surface area contributed by atoms with Crippen LogP contribution in [0, 0.1) is 0 Å². The molecule has 3 rings (SSSR count). The number of carbonyl (C=O) groups excluding carboxylic acids is 2. The van der Waals surface area contributed by atoms with Crippen molar-refractivity contribution < 1.29 is 27.5 Å². The molecule has 0 fully saturated rings. The Balaban J connectivity index is 1.76. The highest BCUT2D eigenvalue weighted by Crippen LogP contribution is 2.37. The molecule has 4 N–H and O–H groups in total. The number of hydrogen-bond donors (Lipinski definition) is 4. The molecule has 0 unspecified atom stereocenters. The average molecular weight is 618 g/mol. The number of hydrogen-bond acceptors (Lipinski definition) is 8. The number of thiazole rings is 1. The van der Waals surface area contributed by atoms with Gasteiger partial charge in [-0.15, -0.1) is 11.3 Å².